The molecule has 1 aromatic carbocycles. The maximum Gasteiger partial charge on any atom is 0.127 e. The molecule has 0 aliphatic heterocycles. The number of aliphatic hydroxyl groups is 1. The summed E-state index contributed by atoms with van der Waals surface area (Å²) in [4.78, 5) is 0. The molecule has 0 aliphatic rings. The predicted molar refractivity (Wildman–Crippen MR) is 63.4 cm³/mol. The third kappa shape index (κ3) is 3.28. The highest BCUT2D eigenvalue weighted by Gasteiger charge is 2.25. The highest BCUT2D eigenvalue weighted by Crippen LogP contribution is 2.32. The van der Waals surface area contributed by atoms with E-state index in [4.69, 9.17) is 0 Å². The summed E-state index contributed by atoms with van der Waals surface area (Å²) in [5.74, 6) is -0.219. The van der Waals surface area contributed by atoms with Crippen molar-refractivity contribution in [1.82, 2.24) is 0 Å². The minimum absolute atomic E-state index is 0.219. The SMILES string of the molecule is CC(O)CC(C)(C)c1cc(Br)ccc1F. The zero-order valence-electron chi connectivity index (χ0n) is 9.22. The van der Waals surface area contributed by atoms with E-state index >= 15 is 0 Å². The molecule has 0 aliphatic carbocycles. The van der Waals surface area contributed by atoms with Gasteiger partial charge in [-0.3, -0.25) is 0 Å². The average Bonchev–Trinajstić information content (AvgIpc) is 2.06. The Labute approximate surface area is 98.4 Å². The molecule has 3 heteroatoms. The summed E-state index contributed by atoms with van der Waals surface area (Å²) >= 11 is 3.33. The van der Waals surface area contributed by atoms with Gasteiger partial charge in [-0.1, -0.05) is 29.8 Å². The standard InChI is InChI=1S/C12H16BrFO/c1-8(15)7-12(2,3)10-6-9(13)4-5-11(10)14/h4-6,8,15H,7H2,1-3H3. The van der Waals surface area contributed by atoms with Gasteiger partial charge in [0.25, 0.3) is 0 Å². The van der Waals surface area contributed by atoms with E-state index in [2.05, 4.69) is 15.9 Å². The first-order valence-electron chi connectivity index (χ1n) is 4.96. The topological polar surface area (TPSA) is 20.2 Å². The van der Waals surface area contributed by atoms with Gasteiger partial charge in [-0.25, -0.2) is 4.39 Å². The van der Waals surface area contributed by atoms with E-state index in [-0.39, 0.29) is 11.2 Å². The molecule has 0 aromatic heterocycles. The minimum Gasteiger partial charge on any atom is -0.393 e. The maximum atomic E-state index is 13.6. The van der Waals surface area contributed by atoms with Gasteiger partial charge in [0.15, 0.2) is 0 Å². The Bertz CT molecular complexity index is 347. The second-order valence-corrected chi connectivity index (χ2v) is 5.48. The molecule has 1 N–H and O–H groups in total. The van der Waals surface area contributed by atoms with Crippen LogP contribution in [0.25, 0.3) is 0 Å². The summed E-state index contributed by atoms with van der Waals surface area (Å²) in [6.07, 6.45) is 0.110. The van der Waals surface area contributed by atoms with Gasteiger partial charge in [-0.15, -0.1) is 0 Å². The average molecular weight is 275 g/mol. The van der Waals surface area contributed by atoms with Gasteiger partial charge in [0, 0.05) is 4.47 Å². The Morgan fingerprint density at radius 2 is 2.07 bits per heavy atom. The van der Waals surface area contributed by atoms with Crippen molar-refractivity contribution in [2.45, 2.75) is 38.7 Å². The zero-order valence-corrected chi connectivity index (χ0v) is 10.8. The van der Waals surface area contributed by atoms with Crippen LogP contribution in [0.15, 0.2) is 22.7 Å². The van der Waals surface area contributed by atoms with E-state index in [0.717, 1.165) is 4.47 Å². The summed E-state index contributed by atoms with van der Waals surface area (Å²) in [7, 11) is 0. The lowest BCUT2D eigenvalue weighted by molar-refractivity contribution is 0.155. The Morgan fingerprint density at radius 1 is 1.47 bits per heavy atom. The van der Waals surface area contributed by atoms with Crippen LogP contribution in [0.2, 0.25) is 0 Å². The molecule has 0 heterocycles. The van der Waals surface area contributed by atoms with Crippen LogP contribution in [0.4, 0.5) is 4.39 Å². The van der Waals surface area contributed by atoms with E-state index in [1.165, 1.54) is 6.07 Å². The molecule has 0 saturated carbocycles. The summed E-state index contributed by atoms with van der Waals surface area (Å²) in [5, 5.41) is 9.38. The van der Waals surface area contributed by atoms with Crippen molar-refractivity contribution in [3.05, 3.63) is 34.1 Å². The number of hydrogen-bond donors (Lipinski definition) is 1. The van der Waals surface area contributed by atoms with E-state index in [1.807, 2.05) is 13.8 Å². The van der Waals surface area contributed by atoms with Gasteiger partial charge in [0.05, 0.1) is 6.10 Å². The van der Waals surface area contributed by atoms with Crippen LogP contribution < -0.4 is 0 Å². The number of aliphatic hydroxyl groups excluding tert-OH is 1. The molecule has 0 amide bonds. The lowest BCUT2D eigenvalue weighted by atomic mass is 9.80. The van der Waals surface area contributed by atoms with Gasteiger partial charge >= 0.3 is 0 Å². The molecule has 1 atom stereocenters. The fourth-order valence-electron chi connectivity index (χ4n) is 1.86. The highest BCUT2D eigenvalue weighted by atomic mass is 79.9. The molecular weight excluding hydrogens is 259 g/mol. The smallest absolute Gasteiger partial charge is 0.127 e. The molecule has 0 fully saturated rings. The normalized spacial score (nSPS) is 14.0. The van der Waals surface area contributed by atoms with Crippen LogP contribution in [0, 0.1) is 5.82 Å². The fourth-order valence-corrected chi connectivity index (χ4v) is 2.23. The van der Waals surface area contributed by atoms with Crippen molar-refractivity contribution in [1.29, 1.82) is 0 Å². The minimum atomic E-state index is -0.432. The van der Waals surface area contributed by atoms with Crippen molar-refractivity contribution >= 4 is 15.9 Å². The maximum absolute atomic E-state index is 13.6. The number of hydrogen-bond acceptors (Lipinski definition) is 1. The molecule has 1 aromatic rings. The summed E-state index contributed by atoms with van der Waals surface area (Å²) in [6.45, 7) is 5.59. The Morgan fingerprint density at radius 3 is 2.60 bits per heavy atom. The Kier molecular flexibility index (Phi) is 3.90. The first kappa shape index (κ1) is 12.7. The predicted octanol–water partition coefficient (Wildman–Crippen LogP) is 3.64. The van der Waals surface area contributed by atoms with Gasteiger partial charge in [-0.2, -0.15) is 0 Å². The molecule has 1 rings (SSSR count). The lowest BCUT2D eigenvalue weighted by Gasteiger charge is -2.27. The molecular formula is C12H16BrFO. The largest absolute Gasteiger partial charge is 0.393 e. The fraction of sp³-hybridized carbons (Fsp3) is 0.500. The second-order valence-electron chi connectivity index (χ2n) is 4.56. The van der Waals surface area contributed by atoms with Gasteiger partial charge in [-0.05, 0) is 42.5 Å². The van der Waals surface area contributed by atoms with Gasteiger partial charge < -0.3 is 5.11 Å². The molecule has 0 radical (unpaired) electrons. The van der Waals surface area contributed by atoms with Crippen LogP contribution >= 0.6 is 15.9 Å². The quantitative estimate of drug-likeness (QED) is 0.893. The van der Waals surface area contributed by atoms with Crippen molar-refractivity contribution in [2.75, 3.05) is 0 Å². The third-order valence-corrected chi connectivity index (χ3v) is 2.96. The first-order valence-corrected chi connectivity index (χ1v) is 5.76. The summed E-state index contributed by atoms with van der Waals surface area (Å²) < 4.78 is 14.5. The van der Waals surface area contributed by atoms with E-state index in [9.17, 15) is 9.50 Å². The van der Waals surface area contributed by atoms with Gasteiger partial charge in [0.2, 0.25) is 0 Å². The zero-order chi connectivity index (χ0) is 11.6. The monoisotopic (exact) mass is 274 g/mol. The second kappa shape index (κ2) is 4.62. The summed E-state index contributed by atoms with van der Waals surface area (Å²) in [5.41, 5.74) is 0.278. The van der Waals surface area contributed by atoms with Crippen molar-refractivity contribution < 1.29 is 9.50 Å². The number of rotatable bonds is 3. The molecule has 1 nitrogen and oxygen atoms in total. The highest BCUT2D eigenvalue weighted by molar-refractivity contribution is 9.10. The van der Waals surface area contributed by atoms with Gasteiger partial charge in [0.1, 0.15) is 5.82 Å². The van der Waals surface area contributed by atoms with Crippen LogP contribution in [-0.4, -0.2) is 11.2 Å². The van der Waals surface area contributed by atoms with Crippen molar-refractivity contribution in [3.63, 3.8) is 0 Å². The van der Waals surface area contributed by atoms with Crippen LogP contribution in [0.5, 0.6) is 0 Å². The Balaban J connectivity index is 3.08. The summed E-state index contributed by atoms with van der Waals surface area (Å²) in [6, 6.07) is 4.90. The molecule has 1 unspecified atom stereocenters. The molecule has 0 spiro atoms. The first-order chi connectivity index (χ1) is 6.83. The van der Waals surface area contributed by atoms with Crippen LogP contribution in [-0.2, 0) is 5.41 Å². The molecule has 15 heavy (non-hydrogen) atoms. The third-order valence-electron chi connectivity index (χ3n) is 2.46. The molecule has 0 bridgehead atoms. The number of benzene rings is 1. The van der Waals surface area contributed by atoms with E-state index in [1.54, 1.807) is 19.1 Å². The van der Waals surface area contributed by atoms with E-state index in [0.29, 0.717) is 12.0 Å². The molecule has 0 saturated heterocycles. The van der Waals surface area contributed by atoms with Crippen LogP contribution in [0.3, 0.4) is 0 Å². The number of halogens is 2. The molecule has 84 valence electrons. The van der Waals surface area contributed by atoms with Crippen molar-refractivity contribution in [3.8, 4) is 0 Å². The lowest BCUT2D eigenvalue weighted by Crippen LogP contribution is -2.24. The van der Waals surface area contributed by atoms with E-state index < -0.39 is 6.10 Å². The van der Waals surface area contributed by atoms with Crippen molar-refractivity contribution in [2.24, 2.45) is 0 Å². The Hall–Kier alpha value is -0.410. The van der Waals surface area contributed by atoms with Crippen LogP contribution in [0.1, 0.15) is 32.8 Å².